The molecule has 0 saturated carbocycles. The molecule has 0 aliphatic heterocycles. The highest BCUT2D eigenvalue weighted by atomic mass is 16.5. The van der Waals surface area contributed by atoms with Crippen LogP contribution in [0.3, 0.4) is 0 Å². The van der Waals surface area contributed by atoms with Crippen LogP contribution in [0.2, 0.25) is 0 Å². The molecule has 0 fully saturated rings. The molecule has 0 atom stereocenters. The molecule has 27 heavy (non-hydrogen) atoms. The molecule has 0 aromatic heterocycles. The first kappa shape index (κ1) is 20.0. The van der Waals surface area contributed by atoms with Crippen molar-refractivity contribution in [1.29, 1.82) is 0 Å². The molecule has 0 aliphatic carbocycles. The fourth-order valence-electron chi connectivity index (χ4n) is 2.27. The van der Waals surface area contributed by atoms with E-state index >= 15 is 0 Å². The second kappa shape index (κ2) is 9.96. The lowest BCUT2D eigenvalue weighted by molar-refractivity contribution is -0.147. The van der Waals surface area contributed by atoms with E-state index in [1.54, 1.807) is 24.3 Å². The number of aryl methyl sites for hydroxylation is 1. The third-order valence-electron chi connectivity index (χ3n) is 3.83. The van der Waals surface area contributed by atoms with E-state index in [1.807, 2.05) is 31.2 Å². The molecule has 7 heteroatoms. The molecule has 2 amide bonds. The van der Waals surface area contributed by atoms with Crippen molar-refractivity contribution in [1.82, 2.24) is 10.6 Å². The van der Waals surface area contributed by atoms with Crippen molar-refractivity contribution in [3.63, 3.8) is 0 Å². The summed E-state index contributed by atoms with van der Waals surface area (Å²) in [6.07, 6.45) is 0. The Hall–Kier alpha value is -3.35. The van der Waals surface area contributed by atoms with Crippen LogP contribution in [0.15, 0.2) is 48.5 Å². The van der Waals surface area contributed by atoms with Crippen LogP contribution in [0.5, 0.6) is 5.75 Å². The van der Waals surface area contributed by atoms with Gasteiger partial charge in [0.1, 0.15) is 12.3 Å². The van der Waals surface area contributed by atoms with Gasteiger partial charge in [-0.15, -0.1) is 0 Å². The Kier molecular flexibility index (Phi) is 7.37. The predicted octanol–water partition coefficient (Wildman–Crippen LogP) is 1.59. The molecule has 0 saturated heterocycles. The second-order valence-electron chi connectivity index (χ2n) is 5.78. The smallest absolute Gasteiger partial charge is 0.325 e. The summed E-state index contributed by atoms with van der Waals surface area (Å²) in [5.74, 6) is -1.01. The summed E-state index contributed by atoms with van der Waals surface area (Å²) in [6, 6.07) is 14.2. The van der Waals surface area contributed by atoms with E-state index in [0.717, 1.165) is 11.1 Å². The van der Waals surface area contributed by atoms with E-state index in [-0.39, 0.29) is 6.54 Å². The molecule has 0 aliphatic rings. The van der Waals surface area contributed by atoms with E-state index in [1.165, 1.54) is 7.11 Å². The summed E-state index contributed by atoms with van der Waals surface area (Å²) in [4.78, 5) is 35.5. The number of carbonyl (C=O) groups excluding carboxylic acids is 3. The number of rotatable bonds is 8. The molecule has 0 radical (unpaired) electrons. The monoisotopic (exact) mass is 370 g/mol. The number of nitrogens with one attached hydrogen (secondary N) is 2. The van der Waals surface area contributed by atoms with E-state index < -0.39 is 24.4 Å². The minimum atomic E-state index is -0.697. The summed E-state index contributed by atoms with van der Waals surface area (Å²) >= 11 is 0. The number of benzene rings is 2. The average molecular weight is 370 g/mol. The standard InChI is InChI=1S/C20H22N2O5/c1-14-6-3-4-7-16(14)11-21-18(23)13-27-19(24)12-22-20(25)15-8-5-9-17(10-15)26-2/h3-10H,11-13H2,1-2H3,(H,21,23)(H,22,25). The van der Waals surface area contributed by atoms with Crippen molar-refractivity contribution < 1.29 is 23.9 Å². The van der Waals surface area contributed by atoms with Gasteiger partial charge in [-0.1, -0.05) is 30.3 Å². The molecular formula is C20H22N2O5. The first-order valence-corrected chi connectivity index (χ1v) is 8.38. The summed E-state index contributed by atoms with van der Waals surface area (Å²) in [7, 11) is 1.50. The van der Waals surface area contributed by atoms with Crippen molar-refractivity contribution in [3.8, 4) is 5.75 Å². The van der Waals surface area contributed by atoms with E-state index in [2.05, 4.69) is 10.6 Å². The minimum Gasteiger partial charge on any atom is -0.497 e. The first-order chi connectivity index (χ1) is 13.0. The maximum absolute atomic E-state index is 12.0. The van der Waals surface area contributed by atoms with E-state index in [0.29, 0.717) is 17.9 Å². The molecule has 2 rings (SSSR count). The molecule has 0 unspecified atom stereocenters. The van der Waals surface area contributed by atoms with Crippen LogP contribution in [-0.4, -0.2) is 38.0 Å². The number of hydrogen-bond donors (Lipinski definition) is 2. The van der Waals surface area contributed by atoms with Crippen molar-refractivity contribution in [2.45, 2.75) is 13.5 Å². The molecule has 0 heterocycles. The van der Waals surface area contributed by atoms with Crippen molar-refractivity contribution in [3.05, 3.63) is 65.2 Å². The van der Waals surface area contributed by atoms with Gasteiger partial charge in [-0.2, -0.15) is 0 Å². The van der Waals surface area contributed by atoms with Gasteiger partial charge >= 0.3 is 5.97 Å². The van der Waals surface area contributed by atoms with Gasteiger partial charge in [-0.3, -0.25) is 14.4 Å². The van der Waals surface area contributed by atoms with E-state index in [9.17, 15) is 14.4 Å². The second-order valence-corrected chi connectivity index (χ2v) is 5.78. The highest BCUT2D eigenvalue weighted by Crippen LogP contribution is 2.12. The summed E-state index contributed by atoms with van der Waals surface area (Å²) < 4.78 is 9.90. The third-order valence-corrected chi connectivity index (χ3v) is 3.83. The van der Waals surface area contributed by atoms with Crippen LogP contribution in [0.25, 0.3) is 0 Å². The molecule has 0 bridgehead atoms. The van der Waals surface area contributed by atoms with Crippen LogP contribution in [0.1, 0.15) is 21.5 Å². The van der Waals surface area contributed by atoms with E-state index in [4.69, 9.17) is 9.47 Å². The largest absolute Gasteiger partial charge is 0.497 e. The zero-order valence-electron chi connectivity index (χ0n) is 15.3. The van der Waals surface area contributed by atoms with Crippen LogP contribution < -0.4 is 15.4 Å². The van der Waals surface area contributed by atoms with Gasteiger partial charge in [0.15, 0.2) is 6.61 Å². The maximum atomic E-state index is 12.0. The van der Waals surface area contributed by atoms with Gasteiger partial charge in [0.25, 0.3) is 11.8 Å². The highest BCUT2D eigenvalue weighted by molar-refractivity contribution is 5.96. The number of ether oxygens (including phenoxy) is 2. The number of hydrogen-bond acceptors (Lipinski definition) is 5. The van der Waals surface area contributed by atoms with Gasteiger partial charge in [-0.25, -0.2) is 0 Å². The van der Waals surface area contributed by atoms with Gasteiger partial charge in [0, 0.05) is 12.1 Å². The average Bonchev–Trinajstić information content (AvgIpc) is 2.69. The molecule has 2 N–H and O–H groups in total. The summed E-state index contributed by atoms with van der Waals surface area (Å²) in [5.41, 5.74) is 2.41. The van der Waals surface area contributed by atoms with Crippen LogP contribution >= 0.6 is 0 Å². The van der Waals surface area contributed by atoms with Crippen LogP contribution in [0.4, 0.5) is 0 Å². The Morgan fingerprint density at radius 1 is 1.00 bits per heavy atom. The fourth-order valence-corrected chi connectivity index (χ4v) is 2.27. The SMILES string of the molecule is COc1cccc(C(=O)NCC(=O)OCC(=O)NCc2ccccc2C)c1. The van der Waals surface area contributed by atoms with Crippen LogP contribution in [0, 0.1) is 6.92 Å². The Balaban J connectivity index is 1.70. The minimum absolute atomic E-state index is 0.332. The lowest BCUT2D eigenvalue weighted by Gasteiger charge is -2.09. The summed E-state index contributed by atoms with van der Waals surface area (Å²) in [5, 5.41) is 5.12. The first-order valence-electron chi connectivity index (χ1n) is 8.38. The quantitative estimate of drug-likeness (QED) is 0.689. The lowest BCUT2D eigenvalue weighted by atomic mass is 10.1. The number of methoxy groups -OCH3 is 1. The molecule has 2 aromatic carbocycles. The Labute approximate surface area is 157 Å². The number of amides is 2. The van der Waals surface area contributed by atoms with Crippen molar-refractivity contribution >= 4 is 17.8 Å². The lowest BCUT2D eigenvalue weighted by Crippen LogP contribution is -2.33. The van der Waals surface area contributed by atoms with Gasteiger partial charge in [-0.05, 0) is 36.2 Å². The fraction of sp³-hybridized carbons (Fsp3) is 0.250. The number of esters is 1. The third kappa shape index (κ3) is 6.47. The molecule has 142 valence electrons. The Bertz CT molecular complexity index is 820. The molecular weight excluding hydrogens is 348 g/mol. The van der Waals surface area contributed by atoms with Gasteiger partial charge in [0.2, 0.25) is 0 Å². The van der Waals surface area contributed by atoms with Crippen LogP contribution in [-0.2, 0) is 20.9 Å². The topological polar surface area (TPSA) is 93.7 Å². The Morgan fingerprint density at radius 3 is 2.52 bits per heavy atom. The highest BCUT2D eigenvalue weighted by Gasteiger charge is 2.11. The normalized spacial score (nSPS) is 10.0. The predicted molar refractivity (Wildman–Crippen MR) is 99.3 cm³/mol. The number of carbonyl (C=O) groups is 3. The van der Waals surface area contributed by atoms with Gasteiger partial charge in [0.05, 0.1) is 7.11 Å². The Morgan fingerprint density at radius 2 is 1.78 bits per heavy atom. The zero-order chi connectivity index (χ0) is 19.6. The molecule has 7 nitrogen and oxygen atoms in total. The summed E-state index contributed by atoms with van der Waals surface area (Å²) in [6.45, 7) is 1.57. The van der Waals surface area contributed by atoms with Crippen molar-refractivity contribution in [2.24, 2.45) is 0 Å². The van der Waals surface area contributed by atoms with Gasteiger partial charge < -0.3 is 20.1 Å². The molecule has 0 spiro atoms. The molecule has 2 aromatic rings. The van der Waals surface area contributed by atoms with Crippen molar-refractivity contribution in [2.75, 3.05) is 20.3 Å². The maximum Gasteiger partial charge on any atom is 0.325 e. The zero-order valence-corrected chi connectivity index (χ0v) is 15.3.